The zero-order valence-corrected chi connectivity index (χ0v) is 10.5. The molecule has 15 heavy (non-hydrogen) atoms. The van der Waals surface area contributed by atoms with Crippen molar-refractivity contribution >= 4 is 10.0 Å². The molecule has 0 aliphatic carbocycles. The molecule has 1 aliphatic heterocycles. The van der Waals surface area contributed by atoms with Gasteiger partial charge in [0.15, 0.2) is 0 Å². The van der Waals surface area contributed by atoms with Gasteiger partial charge in [0.2, 0.25) is 10.0 Å². The van der Waals surface area contributed by atoms with Crippen molar-refractivity contribution in [2.24, 2.45) is 11.7 Å². The smallest absolute Gasteiger partial charge is 0.214 e. The maximum Gasteiger partial charge on any atom is 0.214 e. The quantitative estimate of drug-likeness (QED) is 0.782. The largest absolute Gasteiger partial charge is 0.329 e. The lowest BCUT2D eigenvalue weighted by Crippen LogP contribution is -2.51. The van der Waals surface area contributed by atoms with Gasteiger partial charge in [0, 0.05) is 19.1 Å². The SMILES string of the molecule is CCCS(=O)(=O)N1CCCC(C)C1CN. The summed E-state index contributed by atoms with van der Waals surface area (Å²) in [6, 6.07) is 0.00954. The van der Waals surface area contributed by atoms with Gasteiger partial charge in [-0.05, 0) is 25.2 Å². The lowest BCUT2D eigenvalue weighted by Gasteiger charge is -2.38. The predicted octanol–water partition coefficient (Wildman–Crippen LogP) is 0.785. The van der Waals surface area contributed by atoms with Crippen molar-refractivity contribution in [3.8, 4) is 0 Å². The Kier molecular flexibility index (Phi) is 4.55. The van der Waals surface area contributed by atoms with Crippen molar-refractivity contribution in [1.29, 1.82) is 0 Å². The fourth-order valence-corrected chi connectivity index (χ4v) is 4.15. The Balaban J connectivity index is 2.82. The fraction of sp³-hybridized carbons (Fsp3) is 1.00. The molecule has 1 aliphatic rings. The highest BCUT2D eigenvalue weighted by Crippen LogP contribution is 2.25. The van der Waals surface area contributed by atoms with Crippen molar-refractivity contribution in [1.82, 2.24) is 4.31 Å². The molecule has 0 saturated carbocycles. The van der Waals surface area contributed by atoms with E-state index in [0.717, 1.165) is 12.8 Å². The fourth-order valence-electron chi connectivity index (χ4n) is 2.28. The maximum atomic E-state index is 12.0. The van der Waals surface area contributed by atoms with Gasteiger partial charge in [0.25, 0.3) is 0 Å². The summed E-state index contributed by atoms with van der Waals surface area (Å²) >= 11 is 0. The van der Waals surface area contributed by atoms with Crippen LogP contribution in [0.5, 0.6) is 0 Å². The Labute approximate surface area is 92.9 Å². The summed E-state index contributed by atoms with van der Waals surface area (Å²) in [4.78, 5) is 0. The minimum absolute atomic E-state index is 0.00954. The van der Waals surface area contributed by atoms with Gasteiger partial charge in [0.05, 0.1) is 5.75 Å². The molecule has 90 valence electrons. The third kappa shape index (κ3) is 2.92. The molecule has 0 aromatic rings. The zero-order valence-electron chi connectivity index (χ0n) is 9.65. The highest BCUT2D eigenvalue weighted by molar-refractivity contribution is 7.89. The molecule has 1 rings (SSSR count). The average molecular weight is 234 g/mol. The lowest BCUT2D eigenvalue weighted by atomic mass is 9.93. The molecule has 0 radical (unpaired) electrons. The van der Waals surface area contributed by atoms with Crippen molar-refractivity contribution in [2.45, 2.75) is 39.2 Å². The first-order valence-electron chi connectivity index (χ1n) is 5.72. The second-order valence-electron chi connectivity index (χ2n) is 4.35. The number of hydrogen-bond acceptors (Lipinski definition) is 3. The molecule has 1 saturated heterocycles. The van der Waals surface area contributed by atoms with Crippen molar-refractivity contribution in [2.75, 3.05) is 18.8 Å². The lowest BCUT2D eigenvalue weighted by molar-refractivity contribution is 0.192. The van der Waals surface area contributed by atoms with Gasteiger partial charge in [-0.15, -0.1) is 0 Å². The molecule has 0 spiro atoms. The normalized spacial score (nSPS) is 29.3. The molecule has 2 unspecified atom stereocenters. The monoisotopic (exact) mass is 234 g/mol. The Morgan fingerprint density at radius 2 is 2.13 bits per heavy atom. The van der Waals surface area contributed by atoms with E-state index in [9.17, 15) is 8.42 Å². The number of nitrogens with zero attached hydrogens (tertiary/aromatic N) is 1. The van der Waals surface area contributed by atoms with Crippen LogP contribution in [-0.2, 0) is 10.0 Å². The summed E-state index contributed by atoms with van der Waals surface area (Å²) in [7, 11) is -3.07. The number of piperidine rings is 1. The van der Waals surface area contributed by atoms with Crippen LogP contribution in [-0.4, -0.2) is 37.6 Å². The van der Waals surface area contributed by atoms with Crippen LogP contribution in [0.3, 0.4) is 0 Å². The third-order valence-corrected chi connectivity index (χ3v) is 5.22. The summed E-state index contributed by atoms with van der Waals surface area (Å²) in [5.74, 6) is 0.631. The summed E-state index contributed by atoms with van der Waals surface area (Å²) in [5, 5.41) is 0. The van der Waals surface area contributed by atoms with Crippen LogP contribution < -0.4 is 5.73 Å². The minimum Gasteiger partial charge on any atom is -0.329 e. The van der Waals surface area contributed by atoms with E-state index in [4.69, 9.17) is 5.73 Å². The zero-order chi connectivity index (χ0) is 11.5. The van der Waals surface area contributed by atoms with E-state index in [1.165, 1.54) is 0 Å². The molecule has 0 aromatic carbocycles. The number of sulfonamides is 1. The second kappa shape index (κ2) is 5.27. The number of rotatable bonds is 4. The van der Waals surface area contributed by atoms with E-state index in [0.29, 0.717) is 25.4 Å². The Morgan fingerprint density at radius 3 is 2.67 bits per heavy atom. The highest BCUT2D eigenvalue weighted by Gasteiger charge is 2.34. The molecule has 0 aromatic heterocycles. The third-order valence-electron chi connectivity index (χ3n) is 3.13. The van der Waals surface area contributed by atoms with Crippen molar-refractivity contribution < 1.29 is 8.42 Å². The maximum absolute atomic E-state index is 12.0. The first kappa shape index (κ1) is 12.9. The van der Waals surface area contributed by atoms with E-state index < -0.39 is 10.0 Å². The van der Waals surface area contributed by atoms with Crippen LogP contribution in [0, 0.1) is 5.92 Å². The molecule has 4 nitrogen and oxygen atoms in total. The summed E-state index contributed by atoms with van der Waals surface area (Å²) < 4.78 is 25.6. The van der Waals surface area contributed by atoms with Gasteiger partial charge in [-0.2, -0.15) is 4.31 Å². The average Bonchev–Trinajstić information content (AvgIpc) is 2.17. The number of hydrogen-bond donors (Lipinski definition) is 1. The van der Waals surface area contributed by atoms with Gasteiger partial charge in [-0.3, -0.25) is 0 Å². The van der Waals surface area contributed by atoms with Crippen molar-refractivity contribution in [3.05, 3.63) is 0 Å². The molecule has 0 bridgehead atoms. The minimum atomic E-state index is -3.07. The van der Waals surface area contributed by atoms with E-state index in [-0.39, 0.29) is 11.8 Å². The Bertz CT molecular complexity index is 290. The van der Waals surface area contributed by atoms with Crippen molar-refractivity contribution in [3.63, 3.8) is 0 Å². The van der Waals surface area contributed by atoms with E-state index in [1.807, 2.05) is 6.92 Å². The molecular weight excluding hydrogens is 212 g/mol. The molecule has 1 heterocycles. The van der Waals surface area contributed by atoms with Gasteiger partial charge in [-0.25, -0.2) is 8.42 Å². The van der Waals surface area contributed by atoms with Gasteiger partial charge in [-0.1, -0.05) is 13.8 Å². The van der Waals surface area contributed by atoms with Crippen LogP contribution in [0.25, 0.3) is 0 Å². The second-order valence-corrected chi connectivity index (χ2v) is 6.39. The first-order chi connectivity index (χ1) is 7.03. The van der Waals surface area contributed by atoms with Crippen LogP contribution in [0.15, 0.2) is 0 Å². The van der Waals surface area contributed by atoms with Crippen LogP contribution in [0.2, 0.25) is 0 Å². The van der Waals surface area contributed by atoms with E-state index >= 15 is 0 Å². The number of nitrogens with two attached hydrogens (primary N) is 1. The van der Waals surface area contributed by atoms with Gasteiger partial charge >= 0.3 is 0 Å². The molecule has 0 amide bonds. The van der Waals surface area contributed by atoms with Gasteiger partial charge in [0.1, 0.15) is 0 Å². The molecule has 2 N–H and O–H groups in total. The van der Waals surface area contributed by atoms with Gasteiger partial charge < -0.3 is 5.73 Å². The molecular formula is C10H22N2O2S. The molecule has 1 fully saturated rings. The topological polar surface area (TPSA) is 63.4 Å². The van der Waals surface area contributed by atoms with E-state index in [2.05, 4.69) is 6.92 Å². The van der Waals surface area contributed by atoms with E-state index in [1.54, 1.807) is 4.31 Å². The summed E-state index contributed by atoms with van der Waals surface area (Å²) in [6.07, 6.45) is 2.71. The summed E-state index contributed by atoms with van der Waals surface area (Å²) in [6.45, 7) is 5.06. The Hall–Kier alpha value is -0.130. The van der Waals surface area contributed by atoms with Crippen LogP contribution >= 0.6 is 0 Å². The Morgan fingerprint density at radius 1 is 1.47 bits per heavy atom. The van der Waals surface area contributed by atoms with Crippen LogP contribution in [0.4, 0.5) is 0 Å². The molecule has 2 atom stereocenters. The van der Waals surface area contributed by atoms with Crippen LogP contribution in [0.1, 0.15) is 33.1 Å². The summed E-state index contributed by atoms with van der Waals surface area (Å²) in [5.41, 5.74) is 5.67. The predicted molar refractivity (Wildman–Crippen MR) is 62.0 cm³/mol. The highest BCUT2D eigenvalue weighted by atomic mass is 32.2. The first-order valence-corrected chi connectivity index (χ1v) is 7.33. The molecule has 5 heteroatoms. The standard InChI is InChI=1S/C10H22N2O2S/c1-3-7-15(13,14)12-6-4-5-9(2)10(12)8-11/h9-10H,3-8,11H2,1-2H3.